The third-order valence-corrected chi connectivity index (χ3v) is 3.80. The topological polar surface area (TPSA) is 56.8 Å². The zero-order valence-corrected chi connectivity index (χ0v) is 14.4. The Morgan fingerprint density at radius 1 is 1.04 bits per heavy atom. The zero-order chi connectivity index (χ0) is 17.0. The highest BCUT2D eigenvalue weighted by Crippen LogP contribution is 2.38. The number of hydrogen-bond acceptors (Lipinski definition) is 4. The van der Waals surface area contributed by atoms with Gasteiger partial charge in [0.1, 0.15) is 5.82 Å². The number of carbonyl (C=O) groups is 1. The predicted octanol–water partition coefficient (Wildman–Crippen LogP) is 3.87. The zero-order valence-electron chi connectivity index (χ0n) is 12.8. The van der Waals surface area contributed by atoms with E-state index in [4.69, 9.17) is 14.2 Å². The number of hydrogen-bond donors (Lipinski definition) is 1. The minimum absolute atomic E-state index is 0.288. The van der Waals surface area contributed by atoms with E-state index in [1.54, 1.807) is 0 Å². The lowest BCUT2D eigenvalue weighted by molar-refractivity contribution is 0.102. The second-order valence-corrected chi connectivity index (χ2v) is 5.35. The largest absolute Gasteiger partial charge is 0.493 e. The summed E-state index contributed by atoms with van der Waals surface area (Å²) in [6.07, 6.45) is 0. The van der Waals surface area contributed by atoms with Crippen molar-refractivity contribution in [2.24, 2.45) is 0 Å². The van der Waals surface area contributed by atoms with Crippen molar-refractivity contribution >= 4 is 27.5 Å². The van der Waals surface area contributed by atoms with Crippen LogP contribution in [0.3, 0.4) is 0 Å². The lowest BCUT2D eigenvalue weighted by Gasteiger charge is -2.14. The number of methoxy groups -OCH3 is 3. The minimum atomic E-state index is -0.451. The molecule has 0 saturated carbocycles. The summed E-state index contributed by atoms with van der Waals surface area (Å²) in [6, 6.07) is 7.06. The van der Waals surface area contributed by atoms with Crippen molar-refractivity contribution in [3.8, 4) is 17.2 Å². The average molecular weight is 384 g/mol. The van der Waals surface area contributed by atoms with Crippen molar-refractivity contribution in [1.29, 1.82) is 0 Å². The van der Waals surface area contributed by atoms with Gasteiger partial charge in [0.25, 0.3) is 5.91 Å². The number of ether oxygens (including phenoxy) is 3. The van der Waals surface area contributed by atoms with Crippen LogP contribution in [0.25, 0.3) is 0 Å². The van der Waals surface area contributed by atoms with Crippen LogP contribution in [0.1, 0.15) is 10.4 Å². The molecule has 23 heavy (non-hydrogen) atoms. The average Bonchev–Trinajstić information content (AvgIpc) is 2.56. The van der Waals surface area contributed by atoms with Crippen LogP contribution < -0.4 is 19.5 Å². The Morgan fingerprint density at radius 2 is 1.65 bits per heavy atom. The van der Waals surface area contributed by atoms with Gasteiger partial charge >= 0.3 is 0 Å². The smallest absolute Gasteiger partial charge is 0.255 e. The van der Waals surface area contributed by atoms with E-state index in [0.717, 1.165) is 0 Å². The fourth-order valence-corrected chi connectivity index (χ4v) is 2.35. The third kappa shape index (κ3) is 3.73. The Balaban J connectivity index is 2.37. The first-order valence-electron chi connectivity index (χ1n) is 6.56. The van der Waals surface area contributed by atoms with E-state index in [9.17, 15) is 9.18 Å². The van der Waals surface area contributed by atoms with Gasteiger partial charge in [0.2, 0.25) is 5.75 Å². The molecule has 7 heteroatoms. The summed E-state index contributed by atoms with van der Waals surface area (Å²) < 4.78 is 29.5. The van der Waals surface area contributed by atoms with Crippen molar-refractivity contribution in [2.75, 3.05) is 26.6 Å². The van der Waals surface area contributed by atoms with Crippen molar-refractivity contribution in [3.63, 3.8) is 0 Å². The van der Waals surface area contributed by atoms with E-state index in [0.29, 0.717) is 27.4 Å². The maximum atomic E-state index is 13.3. The molecule has 0 aliphatic rings. The maximum absolute atomic E-state index is 13.3. The Kier molecular flexibility index (Phi) is 5.44. The van der Waals surface area contributed by atoms with Crippen LogP contribution in [0.5, 0.6) is 17.2 Å². The lowest BCUT2D eigenvalue weighted by atomic mass is 10.1. The van der Waals surface area contributed by atoms with Gasteiger partial charge in [-0.25, -0.2) is 4.39 Å². The van der Waals surface area contributed by atoms with Crippen LogP contribution in [-0.4, -0.2) is 27.2 Å². The molecule has 2 rings (SSSR count). The van der Waals surface area contributed by atoms with E-state index in [2.05, 4.69) is 21.2 Å². The molecular formula is C16H15BrFNO4. The molecule has 5 nitrogen and oxygen atoms in total. The first-order valence-corrected chi connectivity index (χ1v) is 7.35. The molecule has 0 aromatic heterocycles. The molecule has 0 atom stereocenters. The van der Waals surface area contributed by atoms with Crippen LogP contribution in [0.15, 0.2) is 34.8 Å². The number of benzene rings is 2. The number of nitrogens with one attached hydrogen (secondary N) is 1. The van der Waals surface area contributed by atoms with Crippen LogP contribution >= 0.6 is 15.9 Å². The number of carbonyl (C=O) groups excluding carboxylic acids is 1. The highest BCUT2D eigenvalue weighted by atomic mass is 79.9. The van der Waals surface area contributed by atoms with E-state index < -0.39 is 11.7 Å². The summed E-state index contributed by atoms with van der Waals surface area (Å²) in [4.78, 5) is 12.4. The first-order chi connectivity index (χ1) is 11.0. The van der Waals surface area contributed by atoms with Gasteiger partial charge in [-0.3, -0.25) is 4.79 Å². The molecular weight excluding hydrogens is 369 g/mol. The molecule has 0 bridgehead atoms. The summed E-state index contributed by atoms with van der Waals surface area (Å²) in [7, 11) is 4.40. The molecule has 0 saturated heterocycles. The van der Waals surface area contributed by atoms with Gasteiger partial charge in [-0.1, -0.05) is 0 Å². The van der Waals surface area contributed by atoms with Gasteiger partial charge in [-0.05, 0) is 46.3 Å². The molecule has 0 aliphatic heterocycles. The third-order valence-electron chi connectivity index (χ3n) is 3.10. The highest BCUT2D eigenvalue weighted by Gasteiger charge is 2.17. The molecule has 122 valence electrons. The number of halogens is 2. The van der Waals surface area contributed by atoms with Crippen LogP contribution in [0.2, 0.25) is 0 Å². The summed E-state index contributed by atoms with van der Waals surface area (Å²) in [5, 5.41) is 2.63. The van der Waals surface area contributed by atoms with Crippen LogP contribution in [0.4, 0.5) is 10.1 Å². The van der Waals surface area contributed by atoms with Crippen molar-refractivity contribution in [1.82, 2.24) is 0 Å². The minimum Gasteiger partial charge on any atom is -0.493 e. The highest BCUT2D eigenvalue weighted by molar-refractivity contribution is 9.10. The second-order valence-electron chi connectivity index (χ2n) is 4.49. The van der Waals surface area contributed by atoms with Gasteiger partial charge in [-0.2, -0.15) is 0 Å². The Hall–Kier alpha value is -2.28. The first kappa shape index (κ1) is 17.1. The predicted molar refractivity (Wildman–Crippen MR) is 88.2 cm³/mol. The molecule has 0 aliphatic carbocycles. The molecule has 0 heterocycles. The second kappa shape index (κ2) is 7.32. The molecule has 1 N–H and O–H groups in total. The van der Waals surface area contributed by atoms with Gasteiger partial charge in [0.15, 0.2) is 11.5 Å². The van der Waals surface area contributed by atoms with Gasteiger partial charge < -0.3 is 19.5 Å². The SMILES string of the molecule is COc1cc(C(=O)Nc2cc(F)ccc2Br)cc(OC)c1OC. The molecule has 2 aromatic rings. The molecule has 1 amide bonds. The summed E-state index contributed by atoms with van der Waals surface area (Å²) in [5.74, 6) is 0.216. The summed E-state index contributed by atoms with van der Waals surface area (Å²) in [6.45, 7) is 0. The number of anilines is 1. The van der Waals surface area contributed by atoms with E-state index >= 15 is 0 Å². The Labute approximate surface area is 141 Å². The van der Waals surface area contributed by atoms with Gasteiger partial charge in [-0.15, -0.1) is 0 Å². The van der Waals surface area contributed by atoms with Crippen molar-refractivity contribution < 1.29 is 23.4 Å². The Bertz CT molecular complexity index is 711. The summed E-state index contributed by atoms with van der Waals surface area (Å²) in [5.41, 5.74) is 0.611. The molecule has 2 aromatic carbocycles. The molecule has 0 spiro atoms. The number of rotatable bonds is 5. The normalized spacial score (nSPS) is 10.1. The van der Waals surface area contributed by atoms with E-state index in [1.165, 1.54) is 51.7 Å². The maximum Gasteiger partial charge on any atom is 0.255 e. The van der Waals surface area contributed by atoms with E-state index in [1.807, 2.05) is 0 Å². The molecule has 0 unspecified atom stereocenters. The number of amides is 1. The Morgan fingerprint density at radius 3 is 2.17 bits per heavy atom. The van der Waals surface area contributed by atoms with Gasteiger partial charge in [0.05, 0.1) is 27.0 Å². The standard InChI is InChI=1S/C16H15BrFNO4/c1-21-13-6-9(7-14(22-2)15(13)23-3)16(20)19-12-8-10(18)4-5-11(12)17/h4-8H,1-3H3,(H,19,20). The quantitative estimate of drug-likeness (QED) is 0.851. The lowest BCUT2D eigenvalue weighted by Crippen LogP contribution is -2.13. The van der Waals surface area contributed by atoms with Crippen molar-refractivity contribution in [2.45, 2.75) is 0 Å². The van der Waals surface area contributed by atoms with E-state index in [-0.39, 0.29) is 5.56 Å². The fourth-order valence-electron chi connectivity index (χ4n) is 2.00. The summed E-state index contributed by atoms with van der Waals surface area (Å²) >= 11 is 3.26. The fraction of sp³-hybridized carbons (Fsp3) is 0.188. The van der Waals surface area contributed by atoms with Gasteiger partial charge in [0, 0.05) is 10.0 Å². The van der Waals surface area contributed by atoms with Crippen LogP contribution in [-0.2, 0) is 0 Å². The van der Waals surface area contributed by atoms with Crippen LogP contribution in [0, 0.1) is 5.82 Å². The monoisotopic (exact) mass is 383 g/mol. The van der Waals surface area contributed by atoms with Crippen molar-refractivity contribution in [3.05, 3.63) is 46.2 Å². The molecule has 0 fully saturated rings. The molecule has 0 radical (unpaired) electrons.